The van der Waals surface area contributed by atoms with Gasteiger partial charge in [0.05, 0.1) is 10.6 Å². The van der Waals surface area contributed by atoms with Crippen molar-refractivity contribution >= 4 is 22.9 Å². The number of hydrogen-bond acceptors (Lipinski definition) is 5. The highest BCUT2D eigenvalue weighted by molar-refractivity contribution is 6.51. The Kier molecular flexibility index (Phi) is 5.14. The van der Waals surface area contributed by atoms with E-state index in [2.05, 4.69) is 10.5 Å². The molecule has 1 N–H and O–H groups in total. The fourth-order valence-electron chi connectivity index (χ4n) is 2.35. The molecule has 0 fully saturated rings. The van der Waals surface area contributed by atoms with Crippen molar-refractivity contribution < 1.29 is 9.72 Å². The fraction of sp³-hybridized carbons (Fsp3) is 0. The van der Waals surface area contributed by atoms with E-state index < -0.39 is 4.92 Å². The van der Waals surface area contributed by atoms with Crippen molar-refractivity contribution in [1.82, 2.24) is 0 Å². The zero-order valence-corrected chi connectivity index (χ0v) is 13.7. The number of nitrogens with one attached hydrogen (secondary N) is 1. The normalized spacial score (nSPS) is 11.0. The highest BCUT2D eigenvalue weighted by Crippen LogP contribution is 2.16. The van der Waals surface area contributed by atoms with E-state index in [0.717, 1.165) is 0 Å². The van der Waals surface area contributed by atoms with Crippen LogP contribution in [0.1, 0.15) is 15.9 Å². The molecule has 0 amide bonds. The number of rotatable bonds is 6. The molecule has 0 saturated heterocycles. The van der Waals surface area contributed by atoms with Crippen LogP contribution in [0.25, 0.3) is 0 Å². The molecule has 3 aromatic rings. The number of carbonyl (C=O) groups excluding carboxylic acids is 1. The van der Waals surface area contributed by atoms with Crippen LogP contribution in [0.15, 0.2) is 90.0 Å². The molecule has 0 heterocycles. The number of hydrazone groups is 1. The van der Waals surface area contributed by atoms with Crippen molar-refractivity contribution in [3.05, 3.63) is 106 Å². The van der Waals surface area contributed by atoms with Crippen molar-refractivity contribution in [2.45, 2.75) is 0 Å². The van der Waals surface area contributed by atoms with Crippen molar-refractivity contribution in [2.24, 2.45) is 5.10 Å². The molecule has 0 unspecified atom stereocenters. The molecule has 6 nitrogen and oxygen atoms in total. The Morgan fingerprint density at radius 2 is 1.35 bits per heavy atom. The van der Waals surface area contributed by atoms with Crippen LogP contribution in [0.2, 0.25) is 0 Å². The van der Waals surface area contributed by atoms with E-state index in [1.54, 1.807) is 36.4 Å². The van der Waals surface area contributed by atoms with Crippen LogP contribution < -0.4 is 5.43 Å². The monoisotopic (exact) mass is 345 g/mol. The number of anilines is 1. The molecule has 0 aliphatic rings. The summed E-state index contributed by atoms with van der Waals surface area (Å²) in [6.45, 7) is 0. The second-order valence-electron chi connectivity index (χ2n) is 5.44. The third-order valence-corrected chi connectivity index (χ3v) is 3.67. The molecule has 0 bridgehead atoms. The van der Waals surface area contributed by atoms with Crippen LogP contribution in [0, 0.1) is 10.1 Å². The Balaban J connectivity index is 1.91. The molecular weight excluding hydrogens is 330 g/mol. The van der Waals surface area contributed by atoms with Gasteiger partial charge in [0.15, 0.2) is 0 Å². The van der Waals surface area contributed by atoms with Crippen molar-refractivity contribution in [1.29, 1.82) is 0 Å². The summed E-state index contributed by atoms with van der Waals surface area (Å²) < 4.78 is 0. The zero-order valence-electron chi connectivity index (χ0n) is 13.7. The molecule has 0 aliphatic heterocycles. The van der Waals surface area contributed by atoms with Crippen molar-refractivity contribution in [3.8, 4) is 0 Å². The minimum absolute atomic E-state index is 0.0109. The lowest BCUT2D eigenvalue weighted by atomic mass is 10.0. The van der Waals surface area contributed by atoms with Gasteiger partial charge in [-0.25, -0.2) is 0 Å². The van der Waals surface area contributed by atoms with Gasteiger partial charge in [0.2, 0.25) is 5.78 Å². The summed E-state index contributed by atoms with van der Waals surface area (Å²) in [6, 6.07) is 23.8. The molecule has 3 rings (SSSR count). The largest absolute Gasteiger partial charge is 0.287 e. The van der Waals surface area contributed by atoms with Crippen LogP contribution in [0.5, 0.6) is 0 Å². The zero-order chi connectivity index (χ0) is 18.4. The fourth-order valence-corrected chi connectivity index (χ4v) is 2.35. The van der Waals surface area contributed by atoms with E-state index in [1.165, 1.54) is 24.3 Å². The summed E-state index contributed by atoms with van der Waals surface area (Å²) >= 11 is 0. The first-order valence-corrected chi connectivity index (χ1v) is 7.88. The standard InChI is InChI=1S/C20H15N3O3/c24-20(16-9-5-2-6-10-16)19(15-7-3-1-4-8-15)22-21-17-11-13-18(14-12-17)23(25)26/h1-14,21H/b22-19+. The summed E-state index contributed by atoms with van der Waals surface area (Å²) in [5.41, 5.74) is 4.80. The third kappa shape index (κ3) is 3.99. The van der Waals surface area contributed by atoms with E-state index in [0.29, 0.717) is 16.8 Å². The Morgan fingerprint density at radius 1 is 0.808 bits per heavy atom. The van der Waals surface area contributed by atoms with Gasteiger partial charge in [-0.2, -0.15) is 5.10 Å². The highest BCUT2D eigenvalue weighted by Gasteiger charge is 2.16. The number of carbonyl (C=O) groups is 1. The first kappa shape index (κ1) is 17.0. The number of non-ortho nitro benzene ring substituents is 1. The van der Waals surface area contributed by atoms with Gasteiger partial charge in [-0.1, -0.05) is 60.7 Å². The van der Waals surface area contributed by atoms with Gasteiger partial charge in [-0.05, 0) is 12.1 Å². The summed E-state index contributed by atoms with van der Waals surface area (Å²) in [6.07, 6.45) is 0. The number of nitro benzene ring substituents is 1. The summed E-state index contributed by atoms with van der Waals surface area (Å²) in [5, 5.41) is 15.0. The minimum Gasteiger partial charge on any atom is -0.287 e. The number of Topliss-reactive ketones (excluding diaryl/α,β-unsaturated/α-hetero) is 1. The molecule has 128 valence electrons. The number of hydrogen-bond donors (Lipinski definition) is 1. The second kappa shape index (κ2) is 7.85. The van der Waals surface area contributed by atoms with Crippen molar-refractivity contribution in [3.63, 3.8) is 0 Å². The highest BCUT2D eigenvalue weighted by atomic mass is 16.6. The van der Waals surface area contributed by atoms with Gasteiger partial charge >= 0.3 is 0 Å². The predicted molar refractivity (Wildman–Crippen MR) is 100 cm³/mol. The summed E-state index contributed by atoms with van der Waals surface area (Å²) in [4.78, 5) is 23.1. The van der Waals surface area contributed by atoms with Crippen molar-refractivity contribution in [2.75, 3.05) is 5.43 Å². The SMILES string of the molecule is O=C(/C(=N/Nc1ccc([N+](=O)[O-])cc1)c1ccccc1)c1ccccc1. The lowest BCUT2D eigenvalue weighted by molar-refractivity contribution is -0.384. The smallest absolute Gasteiger partial charge is 0.269 e. The Bertz CT molecular complexity index is 937. The quantitative estimate of drug-likeness (QED) is 0.312. The van der Waals surface area contributed by atoms with Gasteiger partial charge in [0, 0.05) is 23.3 Å². The Hall–Kier alpha value is -3.80. The van der Waals surface area contributed by atoms with E-state index in [-0.39, 0.29) is 17.2 Å². The maximum Gasteiger partial charge on any atom is 0.269 e. The second-order valence-corrected chi connectivity index (χ2v) is 5.44. The van der Waals surface area contributed by atoms with E-state index in [1.807, 2.05) is 24.3 Å². The number of nitro groups is 1. The molecular formula is C20H15N3O3. The number of nitrogens with zero attached hydrogens (tertiary/aromatic N) is 2. The van der Waals surface area contributed by atoms with Crippen LogP contribution in [0.3, 0.4) is 0 Å². The average Bonchev–Trinajstić information content (AvgIpc) is 2.70. The maximum absolute atomic E-state index is 12.8. The first-order valence-electron chi connectivity index (χ1n) is 7.88. The maximum atomic E-state index is 12.8. The first-order chi connectivity index (χ1) is 12.6. The van der Waals surface area contributed by atoms with E-state index >= 15 is 0 Å². The van der Waals surface area contributed by atoms with E-state index in [9.17, 15) is 14.9 Å². The number of ketones is 1. The Morgan fingerprint density at radius 3 is 1.88 bits per heavy atom. The molecule has 0 aliphatic carbocycles. The van der Waals surface area contributed by atoms with Crippen LogP contribution in [-0.2, 0) is 0 Å². The molecule has 0 atom stereocenters. The summed E-state index contributed by atoms with van der Waals surface area (Å²) in [7, 11) is 0. The van der Waals surface area contributed by atoms with Crippen LogP contribution >= 0.6 is 0 Å². The van der Waals surface area contributed by atoms with Crippen LogP contribution in [0.4, 0.5) is 11.4 Å². The molecule has 0 radical (unpaired) electrons. The van der Waals surface area contributed by atoms with Gasteiger partial charge in [0.25, 0.3) is 5.69 Å². The molecule has 0 aromatic heterocycles. The predicted octanol–water partition coefficient (Wildman–Crippen LogP) is 4.29. The molecule has 3 aromatic carbocycles. The average molecular weight is 345 g/mol. The summed E-state index contributed by atoms with van der Waals surface area (Å²) in [5.74, 6) is -0.216. The topological polar surface area (TPSA) is 84.6 Å². The molecule has 0 saturated carbocycles. The minimum atomic E-state index is -0.471. The lowest BCUT2D eigenvalue weighted by Crippen LogP contribution is -2.17. The van der Waals surface area contributed by atoms with Gasteiger partial charge in [-0.15, -0.1) is 0 Å². The lowest BCUT2D eigenvalue weighted by Gasteiger charge is -2.07. The number of benzene rings is 3. The van der Waals surface area contributed by atoms with Gasteiger partial charge < -0.3 is 0 Å². The molecule has 0 spiro atoms. The Labute approximate surface area is 150 Å². The van der Waals surface area contributed by atoms with Gasteiger partial charge in [0.1, 0.15) is 5.71 Å². The molecule has 6 heteroatoms. The van der Waals surface area contributed by atoms with Gasteiger partial charge in [-0.3, -0.25) is 20.3 Å². The third-order valence-electron chi connectivity index (χ3n) is 3.67. The van der Waals surface area contributed by atoms with Crippen LogP contribution in [-0.4, -0.2) is 16.4 Å². The van der Waals surface area contributed by atoms with E-state index in [4.69, 9.17) is 0 Å². The molecule has 26 heavy (non-hydrogen) atoms.